The molecule has 438 valence electrons. The van der Waals surface area contributed by atoms with Gasteiger partial charge in [-0.05, 0) is 74.0 Å². The summed E-state index contributed by atoms with van der Waals surface area (Å²) in [6.45, 7) is 11.7. The van der Waals surface area contributed by atoms with Gasteiger partial charge in [0.25, 0.3) is 0 Å². The molecule has 3 saturated heterocycles. The molecule has 0 aromatic heterocycles. The van der Waals surface area contributed by atoms with E-state index in [-0.39, 0.29) is 24.7 Å². The molecule has 0 radical (unpaired) electrons. The van der Waals surface area contributed by atoms with Crippen molar-refractivity contribution in [3.63, 3.8) is 0 Å². The Morgan fingerprint density at radius 3 is 1.83 bits per heavy atom. The second kappa shape index (κ2) is 21.8. The van der Waals surface area contributed by atoms with Crippen molar-refractivity contribution in [2.45, 2.75) is 210 Å². The summed E-state index contributed by atoms with van der Waals surface area (Å²) in [5.41, 5.74) is -5.62. The Bertz CT molecular complexity index is 2230. The van der Waals surface area contributed by atoms with Crippen LogP contribution in [-0.4, -0.2) is 227 Å². The quantitative estimate of drug-likeness (QED) is 0.0383. The number of carbonyl (C=O) groups is 3. The molecular formula is C53H82O24. The summed E-state index contributed by atoms with van der Waals surface area (Å²) >= 11 is 0. The van der Waals surface area contributed by atoms with Crippen molar-refractivity contribution in [2.75, 3.05) is 26.4 Å². The number of carbonyl (C=O) groups excluding carboxylic acids is 2. The Morgan fingerprint density at radius 2 is 1.27 bits per heavy atom. The first kappa shape index (κ1) is 60.3. The van der Waals surface area contributed by atoms with Crippen LogP contribution in [0, 0.1) is 50.2 Å². The van der Waals surface area contributed by atoms with Crippen LogP contribution in [0.2, 0.25) is 0 Å². The first-order chi connectivity index (χ1) is 36.0. The van der Waals surface area contributed by atoms with Crippen LogP contribution < -0.4 is 0 Å². The second-order valence-corrected chi connectivity index (χ2v) is 24.6. The highest BCUT2D eigenvalue weighted by atomic mass is 16.8. The molecule has 4 saturated carbocycles. The second-order valence-electron chi connectivity index (χ2n) is 24.6. The van der Waals surface area contributed by atoms with Gasteiger partial charge in [0.1, 0.15) is 67.1 Å². The number of aliphatic carboxylic acids is 1. The number of aliphatic hydroxyl groups excluding tert-OH is 12. The fourth-order valence-corrected chi connectivity index (χ4v) is 16.1. The minimum absolute atomic E-state index is 0.171. The van der Waals surface area contributed by atoms with Crippen molar-refractivity contribution in [3.8, 4) is 0 Å². The van der Waals surface area contributed by atoms with Gasteiger partial charge in [-0.2, -0.15) is 0 Å². The van der Waals surface area contributed by atoms with Crippen LogP contribution in [0.5, 0.6) is 0 Å². The van der Waals surface area contributed by atoms with E-state index in [1.165, 1.54) is 19.1 Å². The van der Waals surface area contributed by atoms with Gasteiger partial charge in [-0.15, -0.1) is 0 Å². The molecule has 5 aliphatic carbocycles. The van der Waals surface area contributed by atoms with Crippen molar-refractivity contribution < 1.29 is 119 Å². The highest BCUT2D eigenvalue weighted by Crippen LogP contribution is 2.76. The van der Waals surface area contributed by atoms with E-state index in [1.807, 2.05) is 27.7 Å². The molecule has 7 fully saturated rings. The molecule has 24 nitrogen and oxygen atoms in total. The van der Waals surface area contributed by atoms with E-state index in [4.69, 9.17) is 37.9 Å². The number of aliphatic hydroxyl groups is 12. The van der Waals surface area contributed by atoms with Crippen molar-refractivity contribution in [3.05, 3.63) is 23.8 Å². The predicted octanol–water partition coefficient (Wildman–Crippen LogP) is -2.10. The average Bonchev–Trinajstić information content (AvgIpc) is 3.85. The predicted molar refractivity (Wildman–Crippen MR) is 260 cm³/mol. The molecule has 77 heavy (non-hydrogen) atoms. The lowest BCUT2D eigenvalue weighted by atomic mass is 9.32. The van der Waals surface area contributed by atoms with Crippen LogP contribution in [0.3, 0.4) is 0 Å². The molecule has 8 rings (SSSR count). The number of ether oxygens (including phenoxy) is 8. The Kier molecular flexibility index (Phi) is 17.1. The highest BCUT2D eigenvalue weighted by molar-refractivity contribution is 5.82. The third-order valence-corrected chi connectivity index (χ3v) is 20.4. The Morgan fingerprint density at radius 1 is 0.675 bits per heavy atom. The molecule has 27 atom stereocenters. The molecular weight excluding hydrogens is 1020 g/mol. The topological polar surface area (TPSA) is 388 Å². The molecule has 0 amide bonds. The van der Waals surface area contributed by atoms with Crippen LogP contribution in [0.25, 0.3) is 0 Å². The minimum Gasteiger partial charge on any atom is -0.479 e. The van der Waals surface area contributed by atoms with Gasteiger partial charge >= 0.3 is 17.9 Å². The van der Waals surface area contributed by atoms with Gasteiger partial charge in [-0.3, -0.25) is 4.79 Å². The Labute approximate surface area is 446 Å². The number of carboxylic acids is 1. The fraction of sp³-hybridized carbons (Fsp3) is 0.868. The summed E-state index contributed by atoms with van der Waals surface area (Å²) < 4.78 is 48.2. The lowest BCUT2D eigenvalue weighted by Crippen LogP contribution is -2.76. The van der Waals surface area contributed by atoms with Gasteiger partial charge in [0, 0.05) is 29.2 Å². The molecule has 8 aliphatic rings. The van der Waals surface area contributed by atoms with Gasteiger partial charge in [0.2, 0.25) is 0 Å². The first-order valence-corrected chi connectivity index (χ1v) is 26.8. The Hall–Kier alpha value is -2.83. The number of hydrogen-bond acceptors (Lipinski definition) is 23. The van der Waals surface area contributed by atoms with Crippen LogP contribution >= 0.6 is 0 Å². The maximum absolute atomic E-state index is 13.1. The maximum Gasteiger partial charge on any atom is 0.335 e. The molecule has 0 aromatic carbocycles. The van der Waals surface area contributed by atoms with E-state index in [2.05, 4.69) is 19.9 Å². The van der Waals surface area contributed by atoms with Gasteiger partial charge < -0.3 is 104 Å². The first-order valence-electron chi connectivity index (χ1n) is 26.8. The summed E-state index contributed by atoms with van der Waals surface area (Å²) in [5, 5.41) is 145. The van der Waals surface area contributed by atoms with Crippen molar-refractivity contribution in [1.82, 2.24) is 0 Å². The number of fused-ring (bicyclic) bond motifs is 7. The normalized spacial score (nSPS) is 51.4. The molecule has 13 N–H and O–H groups in total. The van der Waals surface area contributed by atoms with Crippen LogP contribution in [-0.2, 0) is 52.3 Å². The number of allylic oxidation sites excluding steroid dienone is 2. The molecule has 0 spiro atoms. The van der Waals surface area contributed by atoms with Gasteiger partial charge in [-0.1, -0.05) is 59.3 Å². The van der Waals surface area contributed by atoms with E-state index < -0.39 is 199 Å². The maximum atomic E-state index is 13.1. The smallest absolute Gasteiger partial charge is 0.335 e. The summed E-state index contributed by atoms with van der Waals surface area (Å²) in [7, 11) is 0. The average molecular weight is 1100 g/mol. The molecule has 1 unspecified atom stereocenters. The van der Waals surface area contributed by atoms with Gasteiger partial charge in [-0.25, -0.2) is 9.59 Å². The monoisotopic (exact) mass is 1100 g/mol. The molecule has 3 aliphatic heterocycles. The third-order valence-electron chi connectivity index (χ3n) is 20.4. The number of carboxylic acid groups (broad SMARTS) is 1. The van der Waals surface area contributed by atoms with E-state index >= 15 is 0 Å². The molecule has 3 heterocycles. The largest absolute Gasteiger partial charge is 0.479 e. The Balaban J connectivity index is 1.14. The minimum atomic E-state index is -2.17. The summed E-state index contributed by atoms with van der Waals surface area (Å²) in [4.78, 5) is 38.9. The standard InChI is InChI=1S/C53H82O24/c1-9-10-30(59)74-42-43(70-22(2)58)53(21-57)24(17-48(42,3)4)23-11-12-28-49(5)15-14-29(50(6,20-56)27(49)13-16-51(28,7)52(23,8)40(66)41(53)67)73-47-39(77-46-35(64)33(62)31(60)25(18-54)71-46)37(36(65)38(76-47)44(68)69)75-45-34(63)32(61)26(19-55)72-45/h9-11,24-29,31-43,45-47,54-57,60-67H,12-21H2,1-8H3,(H,68,69)/b10-9+/t24-,25+,26-,27+,28+,29?,31+,32-,33-,34+,35+,36-,37-,38-,39+,40-,41+,42-,43-,45-,46-,47+,49-,50+,51+,52-,53-/m0/s1. The zero-order valence-corrected chi connectivity index (χ0v) is 44.8. The van der Waals surface area contributed by atoms with E-state index in [9.17, 15) is 80.8 Å². The van der Waals surface area contributed by atoms with E-state index in [0.717, 1.165) is 5.57 Å². The van der Waals surface area contributed by atoms with Gasteiger partial charge in [0.05, 0.1) is 50.2 Å². The van der Waals surface area contributed by atoms with E-state index in [1.54, 1.807) is 6.92 Å². The number of hydrogen-bond donors (Lipinski definition) is 13. The van der Waals surface area contributed by atoms with Crippen molar-refractivity contribution in [2.24, 2.45) is 50.2 Å². The van der Waals surface area contributed by atoms with Gasteiger partial charge in [0.15, 0.2) is 31.1 Å². The molecule has 0 aromatic rings. The van der Waals surface area contributed by atoms with Crippen molar-refractivity contribution in [1.29, 1.82) is 0 Å². The zero-order chi connectivity index (χ0) is 56.9. The summed E-state index contributed by atoms with van der Waals surface area (Å²) in [6, 6.07) is 0. The van der Waals surface area contributed by atoms with Crippen LogP contribution in [0.1, 0.15) is 93.9 Å². The van der Waals surface area contributed by atoms with Crippen LogP contribution in [0.4, 0.5) is 0 Å². The molecule has 24 heteroatoms. The molecule has 0 bridgehead atoms. The SMILES string of the molecule is C/C=C/C(=O)O[C@H]1[C@H](OC(C)=O)[C@]2(CO)[C@H](O)[C@H](O)[C@]3(C)C(=CC[C@@H]4[C@@]5(C)CCC(O[C@@H]6O[C@H](C(=O)O)[C@@H](O)[C@H](O[C@@H]7O[C@@H](CO)[C@H](O)[C@H]7O)[C@H]6O[C@@H]6O[C@H](CO)[C@@H](O)[C@H](O)[C@H]6O)[C@](C)(CO)[C@@H]5CC[C@]43C)[C@@H]2CC1(C)C. The third kappa shape index (κ3) is 9.34. The van der Waals surface area contributed by atoms with Crippen molar-refractivity contribution >= 4 is 17.9 Å². The lowest BCUT2D eigenvalue weighted by molar-refractivity contribution is -0.387. The fourth-order valence-electron chi connectivity index (χ4n) is 16.1. The van der Waals surface area contributed by atoms with E-state index in [0.29, 0.717) is 25.7 Å². The number of rotatable bonds is 14. The number of esters is 2. The lowest BCUT2D eigenvalue weighted by Gasteiger charge is -2.73. The summed E-state index contributed by atoms with van der Waals surface area (Å²) in [5.74, 6) is -4.45. The highest BCUT2D eigenvalue weighted by Gasteiger charge is 2.76. The zero-order valence-electron chi connectivity index (χ0n) is 44.8. The van der Waals surface area contributed by atoms with Crippen LogP contribution in [0.15, 0.2) is 23.8 Å². The summed E-state index contributed by atoms with van der Waals surface area (Å²) in [6.07, 6.45) is -25.9.